The van der Waals surface area contributed by atoms with Crippen molar-refractivity contribution in [2.24, 2.45) is 0 Å². The van der Waals surface area contributed by atoms with Crippen LogP contribution in [0.5, 0.6) is 0 Å². The second-order valence-corrected chi connectivity index (χ2v) is 10.9. The predicted molar refractivity (Wildman–Crippen MR) is 137 cm³/mol. The molecular weight excluding hydrogens is 485 g/mol. The van der Waals surface area contributed by atoms with Gasteiger partial charge in [0.2, 0.25) is 0 Å². The third-order valence-corrected chi connectivity index (χ3v) is 8.60. The van der Waals surface area contributed by atoms with E-state index < -0.39 is 11.7 Å². The number of hydrogen-bond donors (Lipinski definition) is 0. The van der Waals surface area contributed by atoms with Gasteiger partial charge in [-0.15, -0.1) is 11.3 Å². The van der Waals surface area contributed by atoms with Crippen molar-refractivity contribution in [2.75, 3.05) is 31.1 Å². The number of carbonyl (C=O) groups excluding carboxylic acids is 1. The van der Waals surface area contributed by atoms with E-state index in [2.05, 4.69) is 18.7 Å². The Kier molecular flexibility index (Phi) is 6.94. The highest BCUT2D eigenvalue weighted by Gasteiger charge is 2.32. The quantitative estimate of drug-likeness (QED) is 0.374. The predicted octanol–water partition coefficient (Wildman–Crippen LogP) is 6.45. The lowest BCUT2D eigenvalue weighted by molar-refractivity contribution is -0.137. The van der Waals surface area contributed by atoms with E-state index in [0.717, 1.165) is 47.9 Å². The molecule has 3 aromatic rings. The number of carbonyl (C=O) groups is 1. The SMILES string of the molecule is CCC(C)c1nc(N2CCN(C(=O)c3cccc(C(F)(F)F)c3)CC2)c2c3c(sc2n1)CCCCC3. The standard InChI is InChI=1S/C27H31F3N4OS/c1-3-17(2)23-31-24(22-20-10-5-4-6-11-21(20)36-25(22)32-23)33-12-14-34(15-13-33)26(35)18-8-7-9-19(16-18)27(28,29)30/h7-9,16-17H,3-6,10-15H2,1-2H3. The van der Waals surface area contributed by atoms with Crippen LogP contribution in [0, 0.1) is 0 Å². The van der Waals surface area contributed by atoms with Crippen LogP contribution in [0.1, 0.15) is 77.6 Å². The Bertz CT molecular complexity index is 1260. The third kappa shape index (κ3) is 4.82. The summed E-state index contributed by atoms with van der Waals surface area (Å²) in [6, 6.07) is 4.69. The van der Waals surface area contributed by atoms with Gasteiger partial charge in [-0.05, 0) is 55.9 Å². The van der Waals surface area contributed by atoms with Crippen LogP contribution in [-0.4, -0.2) is 47.0 Å². The zero-order valence-corrected chi connectivity index (χ0v) is 21.5. The minimum absolute atomic E-state index is 0.0740. The molecule has 5 rings (SSSR count). The molecule has 1 amide bonds. The molecular formula is C27H31F3N4OS. The smallest absolute Gasteiger partial charge is 0.352 e. The van der Waals surface area contributed by atoms with Gasteiger partial charge in [0.05, 0.1) is 10.9 Å². The van der Waals surface area contributed by atoms with Gasteiger partial charge in [-0.2, -0.15) is 13.2 Å². The van der Waals surface area contributed by atoms with E-state index in [1.807, 2.05) is 0 Å². The summed E-state index contributed by atoms with van der Waals surface area (Å²) in [6.45, 7) is 6.33. The molecule has 9 heteroatoms. The molecule has 0 bridgehead atoms. The van der Waals surface area contributed by atoms with Crippen LogP contribution in [0.3, 0.4) is 0 Å². The van der Waals surface area contributed by atoms with E-state index in [-0.39, 0.29) is 17.4 Å². The Labute approximate surface area is 213 Å². The maximum atomic E-state index is 13.1. The van der Waals surface area contributed by atoms with Crippen LogP contribution in [0.4, 0.5) is 19.0 Å². The number of aryl methyl sites for hydroxylation is 2. The van der Waals surface area contributed by atoms with Crippen molar-refractivity contribution in [3.05, 3.63) is 51.7 Å². The van der Waals surface area contributed by atoms with Crippen LogP contribution in [0.2, 0.25) is 0 Å². The first kappa shape index (κ1) is 25.0. The molecule has 3 heterocycles. The first-order valence-electron chi connectivity index (χ1n) is 12.8. The van der Waals surface area contributed by atoms with Gasteiger partial charge in [0.15, 0.2) is 0 Å². The lowest BCUT2D eigenvalue weighted by Gasteiger charge is -2.36. The summed E-state index contributed by atoms with van der Waals surface area (Å²) >= 11 is 1.81. The topological polar surface area (TPSA) is 49.3 Å². The summed E-state index contributed by atoms with van der Waals surface area (Å²) < 4.78 is 39.4. The Morgan fingerprint density at radius 2 is 1.83 bits per heavy atom. The third-order valence-electron chi connectivity index (χ3n) is 7.42. The van der Waals surface area contributed by atoms with Gasteiger partial charge in [0.25, 0.3) is 5.91 Å². The van der Waals surface area contributed by atoms with Crippen LogP contribution >= 0.6 is 11.3 Å². The van der Waals surface area contributed by atoms with Gasteiger partial charge in [0.1, 0.15) is 16.5 Å². The minimum Gasteiger partial charge on any atom is -0.352 e. The fourth-order valence-corrected chi connectivity index (χ4v) is 6.36. The van der Waals surface area contributed by atoms with Crippen molar-refractivity contribution < 1.29 is 18.0 Å². The number of anilines is 1. The number of piperazine rings is 1. The highest BCUT2D eigenvalue weighted by atomic mass is 32.1. The van der Waals surface area contributed by atoms with E-state index in [4.69, 9.17) is 9.97 Å². The van der Waals surface area contributed by atoms with Gasteiger partial charge in [-0.3, -0.25) is 4.79 Å². The number of alkyl halides is 3. The fourth-order valence-electron chi connectivity index (χ4n) is 5.10. The second kappa shape index (κ2) is 10.00. The summed E-state index contributed by atoms with van der Waals surface area (Å²) in [5.74, 6) is 1.71. The van der Waals surface area contributed by atoms with E-state index >= 15 is 0 Å². The summed E-state index contributed by atoms with van der Waals surface area (Å²) in [7, 11) is 0. The Hall–Kier alpha value is -2.68. The highest BCUT2D eigenvalue weighted by molar-refractivity contribution is 7.19. The maximum Gasteiger partial charge on any atom is 0.416 e. The lowest BCUT2D eigenvalue weighted by atomic mass is 10.1. The number of benzene rings is 1. The van der Waals surface area contributed by atoms with Crippen molar-refractivity contribution in [2.45, 2.75) is 64.5 Å². The zero-order valence-electron chi connectivity index (χ0n) is 20.7. The summed E-state index contributed by atoms with van der Waals surface area (Å²) in [5, 5.41) is 1.17. The van der Waals surface area contributed by atoms with Crippen molar-refractivity contribution in [1.82, 2.24) is 14.9 Å². The molecule has 5 nitrogen and oxygen atoms in total. The number of fused-ring (bicyclic) bond motifs is 3. The molecule has 1 fully saturated rings. The molecule has 1 aliphatic heterocycles. The minimum atomic E-state index is -4.47. The Balaban J connectivity index is 1.42. The van der Waals surface area contributed by atoms with Gasteiger partial charge < -0.3 is 9.80 Å². The maximum absolute atomic E-state index is 13.1. The number of hydrogen-bond acceptors (Lipinski definition) is 5. The molecule has 1 atom stereocenters. The molecule has 2 aliphatic rings. The van der Waals surface area contributed by atoms with E-state index in [1.165, 1.54) is 47.2 Å². The number of amides is 1. The highest BCUT2D eigenvalue weighted by Crippen LogP contribution is 2.40. The molecule has 0 saturated carbocycles. The summed E-state index contributed by atoms with van der Waals surface area (Å²) in [4.78, 5) is 29.4. The number of nitrogens with zero attached hydrogens (tertiary/aromatic N) is 4. The Morgan fingerprint density at radius 3 is 2.56 bits per heavy atom. The molecule has 0 spiro atoms. The van der Waals surface area contributed by atoms with Crippen molar-refractivity contribution in [3.63, 3.8) is 0 Å². The monoisotopic (exact) mass is 516 g/mol. The molecule has 36 heavy (non-hydrogen) atoms. The van der Waals surface area contributed by atoms with E-state index in [1.54, 1.807) is 16.2 Å². The van der Waals surface area contributed by atoms with Crippen LogP contribution < -0.4 is 4.90 Å². The van der Waals surface area contributed by atoms with Crippen LogP contribution in [-0.2, 0) is 19.0 Å². The molecule has 1 aliphatic carbocycles. The van der Waals surface area contributed by atoms with Crippen molar-refractivity contribution in [1.29, 1.82) is 0 Å². The molecule has 0 radical (unpaired) electrons. The average molecular weight is 517 g/mol. The molecule has 0 N–H and O–H groups in total. The van der Waals surface area contributed by atoms with Gasteiger partial charge >= 0.3 is 6.18 Å². The first-order valence-corrected chi connectivity index (χ1v) is 13.6. The van der Waals surface area contributed by atoms with Crippen LogP contribution in [0.25, 0.3) is 10.2 Å². The van der Waals surface area contributed by atoms with E-state index in [0.29, 0.717) is 26.2 Å². The largest absolute Gasteiger partial charge is 0.416 e. The van der Waals surface area contributed by atoms with Gasteiger partial charge in [0, 0.05) is 42.5 Å². The molecule has 1 saturated heterocycles. The van der Waals surface area contributed by atoms with Gasteiger partial charge in [-0.1, -0.05) is 26.3 Å². The normalized spacial score (nSPS) is 17.7. The second-order valence-electron chi connectivity index (χ2n) is 9.82. The average Bonchev–Trinajstić information content (AvgIpc) is 3.07. The van der Waals surface area contributed by atoms with E-state index in [9.17, 15) is 18.0 Å². The number of halogens is 3. The molecule has 2 aromatic heterocycles. The number of thiophene rings is 1. The fraction of sp³-hybridized carbons (Fsp3) is 0.519. The molecule has 1 unspecified atom stereocenters. The molecule has 1 aromatic carbocycles. The van der Waals surface area contributed by atoms with Crippen LogP contribution in [0.15, 0.2) is 24.3 Å². The number of rotatable bonds is 4. The summed E-state index contributed by atoms with van der Waals surface area (Å²) in [5.41, 5.74) is 0.664. The Morgan fingerprint density at radius 1 is 1.08 bits per heavy atom. The van der Waals surface area contributed by atoms with Crippen molar-refractivity contribution >= 4 is 33.3 Å². The lowest BCUT2D eigenvalue weighted by Crippen LogP contribution is -2.49. The van der Waals surface area contributed by atoms with Gasteiger partial charge in [-0.25, -0.2) is 9.97 Å². The number of aromatic nitrogens is 2. The van der Waals surface area contributed by atoms with Crippen molar-refractivity contribution in [3.8, 4) is 0 Å². The summed E-state index contributed by atoms with van der Waals surface area (Å²) in [6.07, 6.45) is 2.23. The first-order chi connectivity index (χ1) is 17.3. The zero-order chi connectivity index (χ0) is 25.4. The molecule has 192 valence electrons.